The number of thioether (sulfide) groups is 1. The van der Waals surface area contributed by atoms with Gasteiger partial charge in [0.25, 0.3) is 5.22 Å². The summed E-state index contributed by atoms with van der Waals surface area (Å²) >= 11 is 15.5. The fourth-order valence-electron chi connectivity index (χ4n) is 14.7. The molecule has 32 nitrogen and oxygen atoms in total. The van der Waals surface area contributed by atoms with Crippen LogP contribution in [0.25, 0.3) is 33.7 Å². The number of phenolic OH excluding ortho intramolecular Hbond substituents is 3. The van der Waals surface area contributed by atoms with E-state index in [-0.39, 0.29) is 78.4 Å². The number of aromatic nitrogens is 1. The minimum absolute atomic E-state index is 0.0365. The zero-order chi connectivity index (χ0) is 83.9. The molecular formula is C82H85Cl2N9O23S. The summed E-state index contributed by atoms with van der Waals surface area (Å²) in [6, 6.07) is 20.9. The number of nitrogens with two attached hydrogens (primary N) is 2. The second-order valence-corrected chi connectivity index (χ2v) is 31.7. The van der Waals surface area contributed by atoms with Crippen molar-refractivity contribution in [2.45, 2.75) is 162 Å². The van der Waals surface area contributed by atoms with Crippen molar-refractivity contribution in [3.8, 4) is 79.7 Å². The predicted octanol–water partition coefficient (Wildman–Crippen LogP) is 7.26. The molecule has 2 saturated heterocycles. The second-order valence-electron chi connectivity index (χ2n) is 30.0. The Balaban J connectivity index is 1.02. The molecule has 7 aliphatic heterocycles. The Morgan fingerprint density at radius 1 is 0.701 bits per heavy atom. The van der Waals surface area contributed by atoms with Crippen LogP contribution in [-0.4, -0.2) is 171 Å². The summed E-state index contributed by atoms with van der Waals surface area (Å²) in [7, 11) is 0. The molecular weight excluding hydrogens is 1580 g/mol. The number of nitrogens with zero attached hydrogens (tertiary/aromatic N) is 1. The molecule has 7 aliphatic rings. The van der Waals surface area contributed by atoms with Gasteiger partial charge in [0.05, 0.1) is 40.8 Å². The number of ether oxygens (including phenoxy) is 6. The topological polar surface area (TPSA) is 507 Å². The number of halogens is 2. The Hall–Kier alpha value is -11.1. The molecule has 10 unspecified atom stereocenters. The number of aliphatic carboxylic acids is 1. The summed E-state index contributed by atoms with van der Waals surface area (Å²) < 4.78 is 46.8. The Labute approximate surface area is 682 Å². The number of aromatic hydroxyl groups is 3. The van der Waals surface area contributed by atoms with Crippen LogP contribution in [0.2, 0.25) is 10.0 Å². The summed E-state index contributed by atoms with van der Waals surface area (Å²) in [6.45, 7) is 12.6. The molecule has 18 atom stereocenters. The van der Waals surface area contributed by atoms with E-state index in [4.69, 9.17) is 72.5 Å². The Morgan fingerprint density at radius 3 is 1.94 bits per heavy atom. The maximum Gasteiger partial charge on any atom is 0.330 e. The first kappa shape index (κ1) is 83.9. The number of amides is 6. The quantitative estimate of drug-likeness (QED) is 0.0423. The molecule has 0 aliphatic carbocycles. The highest BCUT2D eigenvalue weighted by molar-refractivity contribution is 7.99. The number of carboxylic acid groups (broad SMARTS) is 1. The van der Waals surface area contributed by atoms with Gasteiger partial charge in [0.15, 0.2) is 35.7 Å². The van der Waals surface area contributed by atoms with Crippen molar-refractivity contribution >= 4 is 76.4 Å². The van der Waals surface area contributed by atoms with E-state index in [1.54, 1.807) is 13.8 Å². The van der Waals surface area contributed by atoms with Gasteiger partial charge in [0.2, 0.25) is 47.5 Å². The number of hydrogen-bond donors (Lipinski definition) is 17. The van der Waals surface area contributed by atoms with E-state index < -0.39 is 203 Å². The molecule has 2 fully saturated rings. The van der Waals surface area contributed by atoms with Crippen LogP contribution in [0.5, 0.6) is 46.0 Å². The number of carbonyl (C=O) groups is 7. The van der Waals surface area contributed by atoms with Gasteiger partial charge in [-0.05, 0) is 103 Å². The molecule has 35 heteroatoms. The average Bonchev–Trinajstić information content (AvgIpc) is 1.34. The Kier molecular flexibility index (Phi) is 24.8. The van der Waals surface area contributed by atoms with Crippen LogP contribution in [-0.2, 0) is 47.8 Å². The van der Waals surface area contributed by atoms with Gasteiger partial charge in [0, 0.05) is 63.2 Å². The number of nitrogens with one attached hydrogen (secondary N) is 6. The first-order valence-corrected chi connectivity index (χ1v) is 38.9. The second kappa shape index (κ2) is 34.6. The van der Waals surface area contributed by atoms with Crippen LogP contribution in [0, 0.1) is 11.8 Å². The van der Waals surface area contributed by atoms with E-state index in [9.17, 15) is 65.1 Å². The lowest BCUT2D eigenvalue weighted by atomic mass is 9.86. The van der Waals surface area contributed by atoms with Gasteiger partial charge >= 0.3 is 5.97 Å². The van der Waals surface area contributed by atoms with Crippen LogP contribution in [0.1, 0.15) is 112 Å². The van der Waals surface area contributed by atoms with Crippen molar-refractivity contribution in [1.29, 1.82) is 0 Å². The first-order valence-electron chi connectivity index (χ1n) is 37.2. The highest BCUT2D eigenvalue weighted by Gasteiger charge is 2.52. The molecule has 15 rings (SSSR count). The van der Waals surface area contributed by atoms with Gasteiger partial charge < -0.3 is 122 Å². The van der Waals surface area contributed by atoms with Crippen LogP contribution in [0.3, 0.4) is 0 Å². The lowest BCUT2D eigenvalue weighted by Crippen LogP contribution is -2.64. The first-order chi connectivity index (χ1) is 55.6. The molecule has 0 spiro atoms. The van der Waals surface area contributed by atoms with Gasteiger partial charge in [0.1, 0.15) is 83.0 Å². The lowest BCUT2D eigenvalue weighted by Gasteiger charge is -2.47. The monoisotopic (exact) mass is 1670 g/mol. The molecule has 8 heterocycles. The number of aliphatic hydroxyl groups is 5. The van der Waals surface area contributed by atoms with Crippen LogP contribution >= 0.6 is 35.0 Å². The fourth-order valence-corrected chi connectivity index (χ4v) is 16.1. The Morgan fingerprint density at radius 2 is 1.32 bits per heavy atom. The van der Waals surface area contributed by atoms with Crippen molar-refractivity contribution < 1.29 is 112 Å². The zero-order valence-electron chi connectivity index (χ0n) is 63.2. The van der Waals surface area contributed by atoms with Crippen LogP contribution in [0.4, 0.5) is 0 Å². The van der Waals surface area contributed by atoms with E-state index in [0.29, 0.717) is 29.0 Å². The van der Waals surface area contributed by atoms with E-state index in [2.05, 4.69) is 38.5 Å². The SMILES string of the molecule is C=C1N[C@@H]2C(=O)N[C@@H](C(=O)O)c3cc(O)cc(O)c3-c3cc(ccc3O)C1NC(=O)[C@@H]1NC(=O)[C@H](CC(N)=O)NC(=O)[C@H](NC(=O)[C@H](C)CC(C)C)[C@H](O)c3ccc(c(Cl)c3)Oc3cc1cc(c3OC1OC(CSc3nc(-c4ccccc4)c(-c4ccccc4)o3)C(O)C(O)C1OC1CC(C)(N)C(O)C(C)O1)Oc1ccc(cc1Cl)[C@H]2O. The van der Waals surface area contributed by atoms with Crippen molar-refractivity contribution in [1.82, 2.24) is 36.9 Å². The third kappa shape index (κ3) is 18.1. The van der Waals surface area contributed by atoms with E-state index in [1.807, 2.05) is 74.5 Å². The average molecular weight is 1670 g/mol. The maximum atomic E-state index is 16.4. The van der Waals surface area contributed by atoms with Gasteiger partial charge in [-0.1, -0.05) is 141 Å². The van der Waals surface area contributed by atoms with E-state index >= 15 is 14.4 Å². The van der Waals surface area contributed by atoms with Crippen LogP contribution < -0.4 is 57.6 Å². The fraction of sp³-hybridized carbons (Fsp3) is 0.341. The summed E-state index contributed by atoms with van der Waals surface area (Å²) in [5.74, 6) is -14.0. The molecule has 0 radical (unpaired) electrons. The highest BCUT2D eigenvalue weighted by Crippen LogP contribution is 2.51. The smallest absolute Gasteiger partial charge is 0.330 e. The number of carbonyl (C=O) groups excluding carboxylic acids is 6. The van der Waals surface area contributed by atoms with Crippen molar-refractivity contribution in [3.63, 3.8) is 0 Å². The van der Waals surface area contributed by atoms with Gasteiger partial charge in [-0.15, -0.1) is 0 Å². The lowest BCUT2D eigenvalue weighted by molar-refractivity contribution is -0.329. The predicted molar refractivity (Wildman–Crippen MR) is 421 cm³/mol. The zero-order valence-corrected chi connectivity index (χ0v) is 65.5. The molecule has 1 aromatic heterocycles. The minimum Gasteiger partial charge on any atom is -0.508 e. The molecule has 19 N–H and O–H groups in total. The third-order valence-electron chi connectivity index (χ3n) is 20.7. The number of aliphatic hydroxyl groups excluding tert-OH is 5. The van der Waals surface area contributed by atoms with E-state index in [1.165, 1.54) is 49.4 Å². The third-order valence-corrected chi connectivity index (χ3v) is 22.2. The van der Waals surface area contributed by atoms with E-state index in [0.717, 1.165) is 48.2 Å². The van der Waals surface area contributed by atoms with Gasteiger partial charge in [-0.2, -0.15) is 0 Å². The van der Waals surface area contributed by atoms with Crippen molar-refractivity contribution in [2.24, 2.45) is 23.3 Å². The number of oxazole rings is 1. The van der Waals surface area contributed by atoms with Crippen molar-refractivity contribution in [2.75, 3.05) is 5.75 Å². The minimum atomic E-state index is -2.25. The number of benzene rings is 7. The summed E-state index contributed by atoms with van der Waals surface area (Å²) in [5.41, 5.74) is 10.5. The largest absolute Gasteiger partial charge is 0.508 e. The number of rotatable bonds is 16. The van der Waals surface area contributed by atoms with Gasteiger partial charge in [-0.25, -0.2) is 9.78 Å². The van der Waals surface area contributed by atoms with Gasteiger partial charge in [-0.3, -0.25) is 28.8 Å². The molecule has 0 saturated carbocycles. The molecule has 11 bridgehead atoms. The normalized spacial score (nSPS) is 27.0. The maximum absolute atomic E-state index is 16.4. The molecule has 6 amide bonds. The summed E-state index contributed by atoms with van der Waals surface area (Å²) in [6.07, 6.45) is -17.9. The number of primary amides is 1. The molecule has 7 aromatic carbocycles. The number of phenols is 3. The number of carboxylic acids is 1. The standard InChI is InChI=1S/C82H85Cl2N9O23S/c1-34(2)23-35(3)74(103)92-65-67(99)42-19-22-53(48(84)26-42)112-55-28-43-27-54(71(55)115-80-72(114-58-32-82(6,86)73(102)37(5)110-58)69(101)68(100)56(113-80)33-117-81-93-61(38-13-9-7-10-14-38)70(116-81)39-15-11-8-12-16-39)111-52-21-18-41(25-47(52)83)66(98)64-78(107)91-63(79(108)109)46-29-44(94)30-51(96)59(46)45-24-40(17-20-50(45)95)60(36(4)87-64)89-76(105)62(43)90-75(104)49(31-57(85)97)88-77(65)106/h7-22,24-30,34-35,37,49,56,58,60,62-69,72-73,80,87,94-96,98-102H,4,23,31-33,86H2,1-3,5-6H3,(H2,85,97)(H,88,106)(H,89,105)(H,90,104)(H,91,107)(H,92,103)(H,108,109)/t35-,37?,49+,56?,58?,60?,62-,63-,64+,65-,66-,67-,68?,69?,72?,73?,80?,82?/m1/s1. The molecule has 117 heavy (non-hydrogen) atoms. The molecule has 8 aromatic rings. The highest BCUT2D eigenvalue weighted by atomic mass is 35.5. The Bertz CT molecular complexity index is 5100. The van der Waals surface area contributed by atoms with Crippen molar-refractivity contribution in [3.05, 3.63) is 190 Å². The number of hydrogen-bond acceptors (Lipinski definition) is 26. The van der Waals surface area contributed by atoms with Crippen LogP contribution in [0.15, 0.2) is 161 Å². The summed E-state index contributed by atoms with van der Waals surface area (Å²) in [5, 5.41) is 122. The molecule has 616 valence electrons. The summed E-state index contributed by atoms with van der Waals surface area (Å²) in [4.78, 5) is 108. The number of fused-ring (bicyclic) bond motifs is 15.